The lowest BCUT2D eigenvalue weighted by molar-refractivity contribution is 0.0636. The maximum absolute atomic E-state index is 11.5. The molecule has 0 atom stereocenters. The van der Waals surface area contributed by atoms with Crippen molar-refractivity contribution in [3.05, 3.63) is 24.3 Å². The number of ether oxygens (including phenoxy) is 2. The van der Waals surface area contributed by atoms with Crippen LogP contribution in [-0.4, -0.2) is 30.0 Å². The van der Waals surface area contributed by atoms with Gasteiger partial charge in [0.1, 0.15) is 18.0 Å². The van der Waals surface area contributed by atoms with Crippen LogP contribution in [-0.2, 0) is 4.74 Å². The van der Waals surface area contributed by atoms with Crippen molar-refractivity contribution < 1.29 is 19.4 Å². The molecule has 18 heavy (non-hydrogen) atoms. The van der Waals surface area contributed by atoms with Crippen molar-refractivity contribution in [2.45, 2.75) is 26.4 Å². The third kappa shape index (κ3) is 5.54. The average Bonchev–Trinajstić information content (AvgIpc) is 2.24. The van der Waals surface area contributed by atoms with Crippen LogP contribution in [0.2, 0.25) is 0 Å². The minimum Gasteiger partial charge on any atom is -0.491 e. The number of anilines is 1. The first kappa shape index (κ1) is 14.3. The van der Waals surface area contributed by atoms with E-state index in [0.717, 1.165) is 0 Å². The zero-order chi connectivity index (χ0) is 13.6. The molecule has 0 aliphatic heterocycles. The van der Waals surface area contributed by atoms with Gasteiger partial charge in [0.05, 0.1) is 6.61 Å². The second-order valence-electron chi connectivity index (χ2n) is 4.66. The van der Waals surface area contributed by atoms with E-state index >= 15 is 0 Å². The van der Waals surface area contributed by atoms with Crippen molar-refractivity contribution >= 4 is 11.8 Å². The van der Waals surface area contributed by atoms with Crippen LogP contribution in [0.1, 0.15) is 20.8 Å². The van der Waals surface area contributed by atoms with E-state index in [1.165, 1.54) is 0 Å². The van der Waals surface area contributed by atoms with Crippen LogP contribution < -0.4 is 10.1 Å². The lowest BCUT2D eigenvalue weighted by atomic mass is 10.2. The number of amides is 1. The Labute approximate surface area is 107 Å². The van der Waals surface area contributed by atoms with Gasteiger partial charge >= 0.3 is 6.09 Å². The summed E-state index contributed by atoms with van der Waals surface area (Å²) in [4.78, 5) is 11.5. The lowest BCUT2D eigenvalue weighted by Gasteiger charge is -2.19. The molecule has 1 aromatic rings. The molecule has 0 aliphatic rings. The fourth-order valence-corrected chi connectivity index (χ4v) is 1.19. The zero-order valence-electron chi connectivity index (χ0n) is 10.8. The van der Waals surface area contributed by atoms with Gasteiger partial charge in [-0.2, -0.15) is 0 Å². The molecule has 0 saturated carbocycles. The van der Waals surface area contributed by atoms with E-state index in [2.05, 4.69) is 11.4 Å². The molecule has 0 aliphatic carbocycles. The molecule has 0 saturated heterocycles. The van der Waals surface area contributed by atoms with Gasteiger partial charge in [-0.25, -0.2) is 4.79 Å². The van der Waals surface area contributed by atoms with Gasteiger partial charge in [-0.05, 0) is 39.0 Å². The molecule has 0 aromatic heterocycles. The smallest absolute Gasteiger partial charge is 0.412 e. The van der Waals surface area contributed by atoms with E-state index in [0.29, 0.717) is 11.4 Å². The summed E-state index contributed by atoms with van der Waals surface area (Å²) >= 11 is 0. The average molecular weight is 252 g/mol. The van der Waals surface area contributed by atoms with Crippen molar-refractivity contribution in [3.63, 3.8) is 0 Å². The largest absolute Gasteiger partial charge is 0.491 e. The van der Waals surface area contributed by atoms with Gasteiger partial charge in [-0.15, -0.1) is 0 Å². The highest BCUT2D eigenvalue weighted by molar-refractivity contribution is 5.85. The fraction of sp³-hybridized carbons (Fsp3) is 0.462. The first-order valence-electron chi connectivity index (χ1n) is 5.65. The Kier molecular flexibility index (Phi) is 4.97. The number of hydrogen-bond acceptors (Lipinski definition) is 4. The summed E-state index contributed by atoms with van der Waals surface area (Å²) in [6, 6.07) is 7.69. The first-order chi connectivity index (χ1) is 8.40. The first-order valence-corrected chi connectivity index (χ1v) is 5.65. The summed E-state index contributed by atoms with van der Waals surface area (Å²) < 4.78 is 10.3. The predicted octanol–water partition coefficient (Wildman–Crippen LogP) is 2.20. The molecule has 0 heterocycles. The van der Waals surface area contributed by atoms with E-state index in [-0.39, 0.29) is 13.2 Å². The lowest BCUT2D eigenvalue weighted by Crippen LogP contribution is -2.27. The molecule has 0 bridgehead atoms. The molecule has 0 unspecified atom stereocenters. The van der Waals surface area contributed by atoms with Crippen LogP contribution in [0.3, 0.4) is 0 Å². The Morgan fingerprint density at radius 1 is 1.44 bits per heavy atom. The van der Waals surface area contributed by atoms with Crippen molar-refractivity contribution in [2.24, 2.45) is 0 Å². The molecule has 0 fully saturated rings. The summed E-state index contributed by atoms with van der Waals surface area (Å²) in [5, 5.41) is 11.2. The molecule has 5 heteroatoms. The number of aliphatic hydroxyl groups excluding tert-OH is 1. The van der Waals surface area contributed by atoms with Gasteiger partial charge in [-0.3, -0.25) is 5.32 Å². The van der Waals surface area contributed by atoms with Gasteiger partial charge in [-0.1, -0.05) is 0 Å². The minimum atomic E-state index is -0.543. The maximum atomic E-state index is 11.5. The number of rotatable bonds is 4. The van der Waals surface area contributed by atoms with Crippen LogP contribution >= 0.6 is 0 Å². The molecule has 5 nitrogen and oxygen atoms in total. The Morgan fingerprint density at radius 2 is 2.17 bits per heavy atom. The van der Waals surface area contributed by atoms with Crippen LogP contribution in [0.5, 0.6) is 5.75 Å². The molecule has 1 amide bonds. The van der Waals surface area contributed by atoms with E-state index in [9.17, 15) is 4.79 Å². The van der Waals surface area contributed by atoms with Gasteiger partial charge in [0.15, 0.2) is 0 Å². The van der Waals surface area contributed by atoms with Crippen LogP contribution in [0.4, 0.5) is 10.5 Å². The normalized spacial score (nSPS) is 10.9. The summed E-state index contributed by atoms with van der Waals surface area (Å²) in [6.07, 6.45) is -0.532. The van der Waals surface area contributed by atoms with E-state index in [1.807, 2.05) is 0 Å². The topological polar surface area (TPSA) is 67.8 Å². The van der Waals surface area contributed by atoms with Crippen LogP contribution in [0.15, 0.2) is 18.2 Å². The SMILES string of the molecule is CC(C)(C)OC(=O)Nc1c[c]cc(OCCO)c1. The quantitative estimate of drug-likeness (QED) is 0.862. The number of benzene rings is 1. The molecule has 2 N–H and O–H groups in total. The highest BCUT2D eigenvalue weighted by atomic mass is 16.6. The second kappa shape index (κ2) is 6.26. The highest BCUT2D eigenvalue weighted by Gasteiger charge is 2.16. The van der Waals surface area contributed by atoms with E-state index in [1.54, 1.807) is 39.0 Å². The summed E-state index contributed by atoms with van der Waals surface area (Å²) in [5.74, 6) is 0.526. The van der Waals surface area contributed by atoms with E-state index < -0.39 is 11.7 Å². The maximum Gasteiger partial charge on any atom is 0.412 e. The van der Waals surface area contributed by atoms with Crippen LogP contribution in [0.25, 0.3) is 0 Å². The second-order valence-corrected chi connectivity index (χ2v) is 4.66. The summed E-state index contributed by atoms with van der Waals surface area (Å²) in [5.41, 5.74) is -0.0154. The van der Waals surface area contributed by atoms with Gasteiger partial charge in [0, 0.05) is 11.8 Å². The monoisotopic (exact) mass is 252 g/mol. The third-order valence-corrected chi connectivity index (χ3v) is 1.77. The number of nitrogens with one attached hydrogen (secondary N) is 1. The van der Waals surface area contributed by atoms with Crippen molar-refractivity contribution in [1.29, 1.82) is 0 Å². The number of aliphatic hydroxyl groups is 1. The Hall–Kier alpha value is -1.75. The Balaban J connectivity index is 2.59. The van der Waals surface area contributed by atoms with Gasteiger partial charge < -0.3 is 14.6 Å². The zero-order valence-corrected chi connectivity index (χ0v) is 10.8. The Morgan fingerprint density at radius 3 is 2.78 bits per heavy atom. The van der Waals surface area contributed by atoms with Gasteiger partial charge in [0.2, 0.25) is 0 Å². The number of hydrogen-bond donors (Lipinski definition) is 2. The summed E-state index contributed by atoms with van der Waals surface area (Å²) in [6.45, 7) is 5.51. The van der Waals surface area contributed by atoms with E-state index in [4.69, 9.17) is 14.6 Å². The molecule has 99 valence electrons. The summed E-state index contributed by atoms with van der Waals surface area (Å²) in [7, 11) is 0. The molecular weight excluding hydrogens is 234 g/mol. The number of carbonyl (C=O) groups is 1. The van der Waals surface area contributed by atoms with Gasteiger partial charge in [0.25, 0.3) is 0 Å². The molecule has 0 spiro atoms. The molecule has 1 rings (SSSR count). The molecule has 1 radical (unpaired) electrons. The third-order valence-electron chi connectivity index (χ3n) is 1.77. The van der Waals surface area contributed by atoms with Crippen molar-refractivity contribution in [1.82, 2.24) is 0 Å². The standard InChI is InChI=1S/C13H18NO4/c1-13(2,3)18-12(16)14-10-5-4-6-11(9-10)17-8-7-15/h5-6,9,15H,7-8H2,1-3H3,(H,14,16). The van der Waals surface area contributed by atoms with Crippen molar-refractivity contribution in [3.8, 4) is 5.75 Å². The van der Waals surface area contributed by atoms with Crippen LogP contribution in [0, 0.1) is 6.07 Å². The fourth-order valence-electron chi connectivity index (χ4n) is 1.19. The Bertz CT molecular complexity index is 398. The minimum absolute atomic E-state index is 0.0658. The van der Waals surface area contributed by atoms with Crippen molar-refractivity contribution in [2.75, 3.05) is 18.5 Å². The highest BCUT2D eigenvalue weighted by Crippen LogP contribution is 2.18. The molecule has 1 aromatic carbocycles. The number of carbonyl (C=O) groups excluding carboxylic acids is 1. The predicted molar refractivity (Wildman–Crippen MR) is 67.7 cm³/mol. The molecular formula is C13H18NO4.